The van der Waals surface area contributed by atoms with Crippen LogP contribution < -0.4 is 0 Å². The van der Waals surface area contributed by atoms with Gasteiger partial charge in [0.15, 0.2) is 0 Å². The lowest BCUT2D eigenvalue weighted by Crippen LogP contribution is -1.95. The average molecular weight is 203 g/mol. The quantitative estimate of drug-likeness (QED) is 0.706. The van der Waals surface area contributed by atoms with E-state index in [0.29, 0.717) is 5.92 Å². The van der Waals surface area contributed by atoms with Crippen LogP contribution in [0.1, 0.15) is 57.6 Å². The SMILES string of the molecule is CC/C(C)=C/c1cnccc1C(C)CC. The third kappa shape index (κ3) is 3.19. The summed E-state index contributed by atoms with van der Waals surface area (Å²) in [6.07, 6.45) is 8.40. The second-order valence-electron chi connectivity index (χ2n) is 4.16. The number of hydrogen-bond donors (Lipinski definition) is 0. The van der Waals surface area contributed by atoms with E-state index in [4.69, 9.17) is 0 Å². The van der Waals surface area contributed by atoms with Crippen LogP contribution in [0.2, 0.25) is 0 Å². The molecule has 0 saturated heterocycles. The summed E-state index contributed by atoms with van der Waals surface area (Å²) in [4.78, 5) is 4.20. The third-order valence-corrected chi connectivity index (χ3v) is 2.99. The zero-order chi connectivity index (χ0) is 11.3. The normalized spacial score (nSPS) is 14.0. The number of aromatic nitrogens is 1. The van der Waals surface area contributed by atoms with Gasteiger partial charge in [-0.05, 0) is 42.9 Å². The van der Waals surface area contributed by atoms with Gasteiger partial charge in [-0.3, -0.25) is 4.98 Å². The van der Waals surface area contributed by atoms with E-state index in [1.165, 1.54) is 23.1 Å². The second-order valence-corrected chi connectivity index (χ2v) is 4.16. The summed E-state index contributed by atoms with van der Waals surface area (Å²) in [5.74, 6) is 0.615. The molecule has 0 radical (unpaired) electrons. The summed E-state index contributed by atoms with van der Waals surface area (Å²) in [7, 11) is 0. The lowest BCUT2D eigenvalue weighted by atomic mass is 9.94. The van der Waals surface area contributed by atoms with Crippen molar-refractivity contribution in [2.75, 3.05) is 0 Å². The highest BCUT2D eigenvalue weighted by molar-refractivity contribution is 5.55. The highest BCUT2D eigenvalue weighted by Gasteiger charge is 2.06. The molecule has 1 aromatic rings. The molecular weight excluding hydrogens is 182 g/mol. The molecule has 0 N–H and O–H groups in total. The monoisotopic (exact) mass is 203 g/mol. The number of rotatable bonds is 4. The van der Waals surface area contributed by atoms with Gasteiger partial charge in [0, 0.05) is 12.4 Å². The van der Waals surface area contributed by atoms with E-state index in [2.05, 4.69) is 44.8 Å². The first-order chi connectivity index (χ1) is 7.19. The van der Waals surface area contributed by atoms with Gasteiger partial charge in [-0.15, -0.1) is 0 Å². The van der Waals surface area contributed by atoms with Crippen LogP contribution in [0.4, 0.5) is 0 Å². The van der Waals surface area contributed by atoms with Gasteiger partial charge >= 0.3 is 0 Å². The van der Waals surface area contributed by atoms with Crippen molar-refractivity contribution >= 4 is 6.08 Å². The molecule has 0 aliphatic rings. The highest BCUT2D eigenvalue weighted by atomic mass is 14.6. The molecule has 0 fully saturated rings. The van der Waals surface area contributed by atoms with Crippen LogP contribution in [-0.4, -0.2) is 4.98 Å². The Hall–Kier alpha value is -1.11. The van der Waals surface area contributed by atoms with Crippen molar-refractivity contribution in [1.29, 1.82) is 0 Å². The Morgan fingerprint density at radius 2 is 2.20 bits per heavy atom. The van der Waals surface area contributed by atoms with Gasteiger partial charge in [-0.2, -0.15) is 0 Å². The molecule has 0 saturated carbocycles. The fourth-order valence-electron chi connectivity index (χ4n) is 1.57. The number of hydrogen-bond acceptors (Lipinski definition) is 1. The smallest absolute Gasteiger partial charge is 0.0343 e. The summed E-state index contributed by atoms with van der Waals surface area (Å²) in [5, 5.41) is 0. The molecule has 0 spiro atoms. The molecule has 1 unspecified atom stereocenters. The van der Waals surface area contributed by atoms with Crippen molar-refractivity contribution in [3.05, 3.63) is 35.2 Å². The minimum Gasteiger partial charge on any atom is -0.264 e. The second kappa shape index (κ2) is 5.69. The number of allylic oxidation sites excluding steroid dienone is 1. The molecule has 15 heavy (non-hydrogen) atoms. The molecule has 0 aliphatic carbocycles. The van der Waals surface area contributed by atoms with Crippen molar-refractivity contribution in [2.45, 2.75) is 46.5 Å². The van der Waals surface area contributed by atoms with Gasteiger partial charge in [-0.25, -0.2) is 0 Å². The molecule has 0 amide bonds. The van der Waals surface area contributed by atoms with Crippen molar-refractivity contribution in [1.82, 2.24) is 4.98 Å². The van der Waals surface area contributed by atoms with Crippen molar-refractivity contribution in [2.24, 2.45) is 0 Å². The van der Waals surface area contributed by atoms with E-state index < -0.39 is 0 Å². The highest BCUT2D eigenvalue weighted by Crippen LogP contribution is 2.23. The van der Waals surface area contributed by atoms with Crippen LogP contribution in [0.15, 0.2) is 24.0 Å². The molecule has 0 bridgehead atoms. The van der Waals surface area contributed by atoms with E-state index in [0.717, 1.165) is 6.42 Å². The van der Waals surface area contributed by atoms with E-state index in [9.17, 15) is 0 Å². The van der Waals surface area contributed by atoms with Gasteiger partial charge in [0.2, 0.25) is 0 Å². The predicted octanol–water partition coefficient (Wildman–Crippen LogP) is 4.41. The van der Waals surface area contributed by atoms with Crippen molar-refractivity contribution in [3.63, 3.8) is 0 Å². The molecule has 0 aliphatic heterocycles. The fourth-order valence-corrected chi connectivity index (χ4v) is 1.57. The molecule has 82 valence electrons. The average Bonchev–Trinajstić information content (AvgIpc) is 2.28. The fraction of sp³-hybridized carbons (Fsp3) is 0.500. The van der Waals surface area contributed by atoms with Crippen molar-refractivity contribution in [3.8, 4) is 0 Å². The van der Waals surface area contributed by atoms with Gasteiger partial charge in [0.25, 0.3) is 0 Å². The Bertz CT molecular complexity index is 339. The van der Waals surface area contributed by atoms with Crippen LogP contribution in [0.5, 0.6) is 0 Å². The molecule has 1 nitrogen and oxygen atoms in total. The molecule has 1 aromatic heterocycles. The minimum absolute atomic E-state index is 0.615. The van der Waals surface area contributed by atoms with Crippen LogP contribution in [0, 0.1) is 0 Å². The van der Waals surface area contributed by atoms with E-state index in [1.807, 2.05) is 12.4 Å². The number of pyridine rings is 1. The van der Waals surface area contributed by atoms with Crippen LogP contribution in [-0.2, 0) is 0 Å². The minimum atomic E-state index is 0.615. The molecule has 1 heterocycles. The molecule has 0 aromatic carbocycles. The molecule has 1 atom stereocenters. The molecular formula is C14H21N. The lowest BCUT2D eigenvalue weighted by molar-refractivity contribution is 0.730. The standard InChI is InChI=1S/C14H21N/c1-5-11(3)9-13-10-15-8-7-14(13)12(4)6-2/h7-10,12H,5-6H2,1-4H3/b11-9+. The van der Waals surface area contributed by atoms with Gasteiger partial charge in [-0.1, -0.05) is 32.4 Å². The van der Waals surface area contributed by atoms with Crippen LogP contribution in [0.25, 0.3) is 6.08 Å². The Labute approximate surface area is 93.2 Å². The number of nitrogens with zero attached hydrogens (tertiary/aromatic N) is 1. The van der Waals surface area contributed by atoms with Crippen LogP contribution in [0.3, 0.4) is 0 Å². The Kier molecular flexibility index (Phi) is 4.54. The first-order valence-electron chi connectivity index (χ1n) is 5.80. The summed E-state index contributed by atoms with van der Waals surface area (Å²) in [5.41, 5.74) is 4.11. The summed E-state index contributed by atoms with van der Waals surface area (Å²) >= 11 is 0. The summed E-state index contributed by atoms with van der Waals surface area (Å²) in [6.45, 7) is 8.86. The first kappa shape index (κ1) is 12.0. The van der Waals surface area contributed by atoms with Gasteiger partial charge < -0.3 is 0 Å². The van der Waals surface area contributed by atoms with E-state index in [-0.39, 0.29) is 0 Å². The zero-order valence-corrected chi connectivity index (χ0v) is 10.2. The molecule has 1 rings (SSSR count). The van der Waals surface area contributed by atoms with Gasteiger partial charge in [0.05, 0.1) is 0 Å². The lowest BCUT2D eigenvalue weighted by Gasteiger charge is -2.12. The van der Waals surface area contributed by atoms with Crippen molar-refractivity contribution < 1.29 is 0 Å². The Morgan fingerprint density at radius 1 is 1.47 bits per heavy atom. The maximum Gasteiger partial charge on any atom is 0.0343 e. The molecule has 1 heteroatoms. The summed E-state index contributed by atoms with van der Waals surface area (Å²) < 4.78 is 0. The maximum absolute atomic E-state index is 4.20. The van der Waals surface area contributed by atoms with E-state index >= 15 is 0 Å². The third-order valence-electron chi connectivity index (χ3n) is 2.99. The largest absolute Gasteiger partial charge is 0.264 e. The summed E-state index contributed by atoms with van der Waals surface area (Å²) in [6, 6.07) is 2.14. The predicted molar refractivity (Wildman–Crippen MR) is 66.9 cm³/mol. The zero-order valence-electron chi connectivity index (χ0n) is 10.2. The Morgan fingerprint density at radius 3 is 2.80 bits per heavy atom. The Balaban J connectivity index is 3.06. The first-order valence-corrected chi connectivity index (χ1v) is 5.80. The topological polar surface area (TPSA) is 12.9 Å². The maximum atomic E-state index is 4.20. The van der Waals surface area contributed by atoms with Gasteiger partial charge in [0.1, 0.15) is 0 Å². The van der Waals surface area contributed by atoms with Crippen LogP contribution >= 0.6 is 0 Å². The van der Waals surface area contributed by atoms with E-state index in [1.54, 1.807) is 0 Å².